The van der Waals surface area contributed by atoms with Crippen molar-refractivity contribution in [1.29, 1.82) is 0 Å². The van der Waals surface area contributed by atoms with Gasteiger partial charge < -0.3 is 0 Å². The van der Waals surface area contributed by atoms with E-state index < -0.39 is 22.0 Å². The first-order valence-electron chi connectivity index (χ1n) is 7.39. The van der Waals surface area contributed by atoms with Gasteiger partial charge in [-0.1, -0.05) is 35.5 Å². The van der Waals surface area contributed by atoms with Crippen molar-refractivity contribution >= 4 is 16.6 Å². The molecule has 0 aliphatic rings. The lowest BCUT2D eigenvalue weighted by Crippen LogP contribution is -2.41. The van der Waals surface area contributed by atoms with Crippen LogP contribution in [0.1, 0.15) is 19.0 Å². The molecule has 0 saturated carbocycles. The molecule has 8 nitrogen and oxygen atoms in total. The quantitative estimate of drug-likeness (QED) is 0.385. The Kier molecular flexibility index (Phi) is 5.68. The van der Waals surface area contributed by atoms with E-state index in [9.17, 15) is 13.2 Å². The highest BCUT2D eigenvalue weighted by Crippen LogP contribution is 2.26. The van der Waals surface area contributed by atoms with Gasteiger partial charge in [0.25, 0.3) is 0 Å². The van der Waals surface area contributed by atoms with Crippen molar-refractivity contribution in [3.63, 3.8) is 0 Å². The van der Waals surface area contributed by atoms with Crippen molar-refractivity contribution in [1.82, 2.24) is 20.5 Å². The molecule has 0 radical (unpaired) electrons. The summed E-state index contributed by atoms with van der Waals surface area (Å²) in [6, 6.07) is 9.56. The number of benzene rings is 1. The van der Waals surface area contributed by atoms with E-state index in [1.54, 1.807) is 10.2 Å². The zero-order valence-electron chi connectivity index (χ0n) is 13.5. The largest absolute Gasteiger partial charge is 0.289 e. The summed E-state index contributed by atoms with van der Waals surface area (Å²) in [5.41, 5.74) is 2.78. The molecule has 1 aromatic heterocycles. The maximum absolute atomic E-state index is 11.9. The smallest absolute Gasteiger partial charge is 0.250 e. The Morgan fingerprint density at radius 3 is 2.58 bits per heavy atom. The normalized spacial score (nSPS) is 13.7. The molecule has 0 fully saturated rings. The van der Waals surface area contributed by atoms with Gasteiger partial charge in [0, 0.05) is 12.1 Å². The molecule has 0 bridgehead atoms. The number of rotatable bonds is 7. The van der Waals surface area contributed by atoms with Crippen LogP contribution in [-0.4, -0.2) is 40.3 Å². The summed E-state index contributed by atoms with van der Waals surface area (Å²) < 4.78 is 23.8. The highest BCUT2D eigenvalue weighted by molar-refractivity contribution is 7.72. The predicted molar refractivity (Wildman–Crippen MR) is 88.0 cm³/mol. The summed E-state index contributed by atoms with van der Waals surface area (Å²) in [6.45, 7) is 3.62. The van der Waals surface area contributed by atoms with Crippen molar-refractivity contribution < 1.29 is 18.4 Å². The monoisotopic (exact) mass is 352 g/mol. The number of hydrogen-bond acceptors (Lipinski definition) is 6. The Morgan fingerprint density at radius 2 is 2.00 bits per heavy atom. The zero-order valence-corrected chi connectivity index (χ0v) is 14.4. The van der Waals surface area contributed by atoms with E-state index in [1.165, 1.54) is 6.92 Å². The van der Waals surface area contributed by atoms with Crippen LogP contribution in [0.5, 0.6) is 0 Å². The summed E-state index contributed by atoms with van der Waals surface area (Å²) in [4.78, 5) is 11.9. The molecule has 0 aliphatic heterocycles. The number of aryl methyl sites for hydroxylation is 2. The molecule has 24 heavy (non-hydrogen) atoms. The van der Waals surface area contributed by atoms with Crippen LogP contribution in [0.3, 0.4) is 0 Å². The number of amides is 1. The van der Waals surface area contributed by atoms with Crippen LogP contribution in [0.2, 0.25) is 0 Å². The van der Waals surface area contributed by atoms with Gasteiger partial charge in [0.1, 0.15) is 10.7 Å². The first-order chi connectivity index (χ1) is 11.4. The van der Waals surface area contributed by atoms with Crippen molar-refractivity contribution in [2.24, 2.45) is 5.41 Å². The Labute approximate surface area is 141 Å². The van der Waals surface area contributed by atoms with E-state index >= 15 is 0 Å². The molecule has 0 aliphatic carbocycles. The highest BCUT2D eigenvalue weighted by atomic mass is 32.2. The third-order valence-corrected chi connectivity index (χ3v) is 4.91. The SMILES string of the molecule is Cc1nnn(CC[C@@](C)(C[SH](=O)=O)C(=O)NO)c1-c1ccccc1. The Balaban J connectivity index is 2.27. The number of hydroxylamine groups is 1. The maximum Gasteiger partial charge on any atom is 0.250 e. The van der Waals surface area contributed by atoms with E-state index in [1.807, 2.05) is 37.3 Å². The number of thiol groups is 1. The topological polar surface area (TPSA) is 114 Å². The number of hydrogen-bond donors (Lipinski definition) is 3. The highest BCUT2D eigenvalue weighted by Gasteiger charge is 2.34. The van der Waals surface area contributed by atoms with E-state index in [2.05, 4.69) is 10.3 Å². The molecule has 2 rings (SSSR count). The van der Waals surface area contributed by atoms with Crippen molar-refractivity contribution in [3.05, 3.63) is 36.0 Å². The molecular weight excluding hydrogens is 332 g/mol. The molecule has 1 atom stereocenters. The van der Waals surface area contributed by atoms with Gasteiger partial charge in [0.2, 0.25) is 5.91 Å². The van der Waals surface area contributed by atoms with Gasteiger partial charge in [0.05, 0.1) is 22.6 Å². The van der Waals surface area contributed by atoms with Gasteiger partial charge in [0.15, 0.2) is 0 Å². The lowest BCUT2D eigenvalue weighted by atomic mass is 9.88. The molecule has 1 amide bonds. The summed E-state index contributed by atoms with van der Waals surface area (Å²) in [5, 5.41) is 17.0. The van der Waals surface area contributed by atoms with Gasteiger partial charge in [-0.3, -0.25) is 10.0 Å². The van der Waals surface area contributed by atoms with Crippen molar-refractivity contribution in [2.75, 3.05) is 5.75 Å². The third-order valence-electron chi connectivity index (χ3n) is 3.95. The van der Waals surface area contributed by atoms with Crippen LogP contribution in [0.4, 0.5) is 0 Å². The van der Waals surface area contributed by atoms with Gasteiger partial charge in [-0.2, -0.15) is 0 Å². The van der Waals surface area contributed by atoms with Crippen molar-refractivity contribution in [3.8, 4) is 11.3 Å². The molecular formula is C15H20N4O4S. The fourth-order valence-electron chi connectivity index (χ4n) is 2.55. The standard InChI is InChI=1S/C15H20N4O4S/c1-11-13(12-6-4-3-5-7-12)19(18-16-11)9-8-15(2,10-24(22)23)14(20)17-21/h3-7,21,24H,8-10H2,1-2H3,(H,17,20)/t15-/m0/s1. The second-order valence-electron chi connectivity index (χ2n) is 5.86. The van der Waals surface area contributed by atoms with Gasteiger partial charge in [-0.05, 0) is 20.3 Å². The molecule has 2 N–H and O–H groups in total. The molecule has 9 heteroatoms. The van der Waals surface area contributed by atoms with Crippen LogP contribution in [0.15, 0.2) is 30.3 Å². The Morgan fingerprint density at radius 1 is 1.33 bits per heavy atom. The summed E-state index contributed by atoms with van der Waals surface area (Å²) in [7, 11) is -2.77. The van der Waals surface area contributed by atoms with Crippen LogP contribution in [-0.2, 0) is 22.0 Å². The number of nitrogens with zero attached hydrogens (tertiary/aromatic N) is 3. The molecule has 0 spiro atoms. The fourth-order valence-corrected chi connectivity index (χ4v) is 3.42. The third kappa shape index (κ3) is 3.98. The summed E-state index contributed by atoms with van der Waals surface area (Å²) in [6.07, 6.45) is 0.186. The Bertz CT molecular complexity index is 780. The number of aromatic nitrogens is 3. The van der Waals surface area contributed by atoms with Crippen LogP contribution < -0.4 is 5.48 Å². The summed E-state index contributed by atoms with van der Waals surface area (Å²) in [5.74, 6) is -1.09. The second-order valence-corrected chi connectivity index (χ2v) is 6.84. The average Bonchev–Trinajstić information content (AvgIpc) is 2.93. The van der Waals surface area contributed by atoms with E-state index in [0.717, 1.165) is 17.0 Å². The molecule has 0 unspecified atom stereocenters. The zero-order chi connectivity index (χ0) is 17.7. The number of nitrogens with one attached hydrogen (secondary N) is 1. The van der Waals surface area contributed by atoms with Gasteiger partial charge in [-0.15, -0.1) is 5.10 Å². The number of carbonyl (C=O) groups is 1. The second kappa shape index (κ2) is 7.54. The van der Waals surface area contributed by atoms with Crippen LogP contribution in [0, 0.1) is 12.3 Å². The number of carbonyl (C=O) groups excluding carboxylic acids is 1. The molecule has 2 aromatic rings. The average molecular weight is 352 g/mol. The van der Waals surface area contributed by atoms with Crippen LogP contribution >= 0.6 is 0 Å². The minimum atomic E-state index is -2.77. The molecule has 1 aromatic carbocycles. The van der Waals surface area contributed by atoms with Crippen LogP contribution in [0.25, 0.3) is 11.3 Å². The van der Waals surface area contributed by atoms with Crippen molar-refractivity contribution in [2.45, 2.75) is 26.8 Å². The first kappa shape index (κ1) is 18.1. The van der Waals surface area contributed by atoms with Gasteiger partial charge >= 0.3 is 0 Å². The summed E-state index contributed by atoms with van der Waals surface area (Å²) >= 11 is 0. The predicted octanol–water partition coefficient (Wildman–Crippen LogP) is 0.767. The molecule has 0 saturated heterocycles. The van der Waals surface area contributed by atoms with E-state index in [0.29, 0.717) is 0 Å². The fraction of sp³-hybridized carbons (Fsp3) is 0.400. The van der Waals surface area contributed by atoms with Gasteiger partial charge in [-0.25, -0.2) is 18.6 Å². The maximum atomic E-state index is 11.9. The molecule has 1 heterocycles. The first-order valence-corrected chi connectivity index (χ1v) is 8.75. The Hall–Kier alpha value is -2.26. The van der Waals surface area contributed by atoms with E-state index in [4.69, 9.17) is 5.21 Å². The lowest BCUT2D eigenvalue weighted by molar-refractivity contribution is -0.138. The lowest BCUT2D eigenvalue weighted by Gasteiger charge is -2.24. The minimum absolute atomic E-state index is 0.186. The van der Waals surface area contributed by atoms with E-state index in [-0.39, 0.29) is 18.7 Å². The minimum Gasteiger partial charge on any atom is -0.289 e. The molecule has 130 valence electrons.